The molecule has 0 aliphatic carbocycles. The van der Waals surface area contributed by atoms with Crippen molar-refractivity contribution in [1.82, 2.24) is 5.43 Å². The lowest BCUT2D eigenvalue weighted by molar-refractivity contribution is 0.414. The number of halogens is 1. The summed E-state index contributed by atoms with van der Waals surface area (Å²) >= 11 is 5.35. The summed E-state index contributed by atoms with van der Waals surface area (Å²) in [6, 6.07) is 16.5. The summed E-state index contributed by atoms with van der Waals surface area (Å²) in [7, 11) is 1.68. The largest absolute Gasteiger partial charge is 0.497 e. The van der Waals surface area contributed by atoms with Gasteiger partial charge in [0.15, 0.2) is 0 Å². The Hall–Kier alpha value is -1.01. The third-order valence-corrected chi connectivity index (χ3v) is 5.32. The zero-order valence-corrected chi connectivity index (χ0v) is 14.3. The first-order chi connectivity index (χ1) is 10.2. The number of methoxy groups -OCH3 is 1. The monoisotopic (exact) mass is 366 g/mol. The number of rotatable bonds is 7. The number of nitrogens with two attached hydrogens (primary N) is 1. The second-order valence-corrected chi connectivity index (χ2v) is 6.58. The molecule has 1 unspecified atom stereocenters. The number of hydrazine groups is 1. The van der Waals surface area contributed by atoms with Crippen LogP contribution in [0.4, 0.5) is 0 Å². The van der Waals surface area contributed by atoms with E-state index in [1.165, 1.54) is 10.5 Å². The molecule has 2 rings (SSSR count). The van der Waals surface area contributed by atoms with Crippen LogP contribution in [0.5, 0.6) is 5.75 Å². The van der Waals surface area contributed by atoms with E-state index in [0.29, 0.717) is 0 Å². The molecule has 0 heterocycles. The van der Waals surface area contributed by atoms with E-state index in [4.69, 9.17) is 10.6 Å². The highest BCUT2D eigenvalue weighted by Crippen LogP contribution is 2.28. The first-order valence-corrected chi connectivity index (χ1v) is 8.47. The fraction of sp³-hybridized carbons (Fsp3) is 0.250. The van der Waals surface area contributed by atoms with Gasteiger partial charge in [-0.15, -0.1) is 11.8 Å². The summed E-state index contributed by atoms with van der Waals surface area (Å²) in [5, 5.41) is 0. The van der Waals surface area contributed by atoms with Gasteiger partial charge in [0.2, 0.25) is 0 Å². The number of hydrogen-bond acceptors (Lipinski definition) is 4. The Bertz CT molecular complexity index is 580. The van der Waals surface area contributed by atoms with Crippen LogP contribution in [-0.2, 0) is 6.42 Å². The lowest BCUT2D eigenvalue weighted by Gasteiger charge is -2.16. The fourth-order valence-electron chi connectivity index (χ4n) is 2.00. The summed E-state index contributed by atoms with van der Waals surface area (Å²) in [5.41, 5.74) is 4.11. The zero-order valence-electron chi connectivity index (χ0n) is 11.9. The Balaban J connectivity index is 1.95. The second kappa shape index (κ2) is 8.44. The molecule has 3 nitrogen and oxygen atoms in total. The van der Waals surface area contributed by atoms with Gasteiger partial charge in [-0.2, -0.15) is 0 Å². The molecule has 0 fully saturated rings. The molecule has 2 aromatic carbocycles. The Kier molecular flexibility index (Phi) is 6.57. The van der Waals surface area contributed by atoms with Crippen LogP contribution in [0.25, 0.3) is 0 Å². The van der Waals surface area contributed by atoms with Gasteiger partial charge in [0.25, 0.3) is 0 Å². The van der Waals surface area contributed by atoms with Crippen molar-refractivity contribution in [2.45, 2.75) is 17.4 Å². The van der Waals surface area contributed by atoms with Gasteiger partial charge in [-0.1, -0.05) is 24.3 Å². The van der Waals surface area contributed by atoms with Gasteiger partial charge in [-0.05, 0) is 52.2 Å². The first-order valence-electron chi connectivity index (χ1n) is 6.69. The third-order valence-electron chi connectivity index (χ3n) is 3.13. The fourth-order valence-corrected chi connectivity index (χ4v) is 3.61. The Morgan fingerprint density at radius 3 is 2.76 bits per heavy atom. The van der Waals surface area contributed by atoms with Crippen molar-refractivity contribution < 1.29 is 4.74 Å². The highest BCUT2D eigenvalue weighted by molar-refractivity contribution is 9.10. The van der Waals surface area contributed by atoms with Crippen molar-refractivity contribution in [3.63, 3.8) is 0 Å². The number of benzene rings is 2. The van der Waals surface area contributed by atoms with E-state index in [2.05, 4.69) is 39.6 Å². The normalized spacial score (nSPS) is 12.1. The maximum absolute atomic E-state index is 5.69. The predicted molar refractivity (Wildman–Crippen MR) is 92.7 cm³/mol. The Labute approximate surface area is 138 Å². The maximum Gasteiger partial charge on any atom is 0.119 e. The van der Waals surface area contributed by atoms with Gasteiger partial charge in [-0.25, -0.2) is 0 Å². The molecular weight excluding hydrogens is 348 g/mol. The van der Waals surface area contributed by atoms with Crippen molar-refractivity contribution in [3.05, 3.63) is 58.6 Å². The van der Waals surface area contributed by atoms with Crippen LogP contribution in [0.15, 0.2) is 57.9 Å². The molecule has 3 N–H and O–H groups in total. The minimum Gasteiger partial charge on any atom is -0.497 e. The molecular formula is C16H19BrN2OS. The molecule has 0 aliphatic rings. The van der Waals surface area contributed by atoms with E-state index in [9.17, 15) is 0 Å². The standard InChI is InChI=1S/C16H19BrN2OS/c1-20-14-6-4-5-12(10-14)9-13(19-18)11-21-16-8-3-2-7-15(16)17/h2-8,10,13,19H,9,11,18H2,1H3. The summed E-state index contributed by atoms with van der Waals surface area (Å²) < 4.78 is 6.37. The molecule has 2 aromatic rings. The molecule has 0 radical (unpaired) electrons. The molecule has 0 bridgehead atoms. The maximum atomic E-state index is 5.69. The van der Waals surface area contributed by atoms with Crippen LogP contribution >= 0.6 is 27.7 Å². The highest BCUT2D eigenvalue weighted by atomic mass is 79.9. The van der Waals surface area contributed by atoms with Crippen LogP contribution in [-0.4, -0.2) is 18.9 Å². The van der Waals surface area contributed by atoms with Gasteiger partial charge in [0, 0.05) is 21.2 Å². The van der Waals surface area contributed by atoms with Crippen LogP contribution in [0.3, 0.4) is 0 Å². The van der Waals surface area contributed by atoms with Gasteiger partial charge >= 0.3 is 0 Å². The summed E-state index contributed by atoms with van der Waals surface area (Å²) in [6.45, 7) is 0. The molecule has 21 heavy (non-hydrogen) atoms. The van der Waals surface area contributed by atoms with Crippen molar-refractivity contribution in [3.8, 4) is 5.75 Å². The van der Waals surface area contributed by atoms with E-state index in [1.807, 2.05) is 30.3 Å². The lowest BCUT2D eigenvalue weighted by atomic mass is 10.1. The smallest absolute Gasteiger partial charge is 0.119 e. The molecule has 0 saturated heterocycles. The van der Waals surface area contributed by atoms with Gasteiger partial charge in [0.1, 0.15) is 5.75 Å². The summed E-state index contributed by atoms with van der Waals surface area (Å²) in [6.07, 6.45) is 0.866. The number of hydrogen-bond donors (Lipinski definition) is 2. The third kappa shape index (κ3) is 5.04. The average molecular weight is 367 g/mol. The van der Waals surface area contributed by atoms with Gasteiger partial charge in [0.05, 0.1) is 7.11 Å². The second-order valence-electron chi connectivity index (χ2n) is 4.66. The average Bonchev–Trinajstić information content (AvgIpc) is 2.53. The molecule has 1 atom stereocenters. The van der Waals surface area contributed by atoms with Crippen molar-refractivity contribution >= 4 is 27.7 Å². The SMILES string of the molecule is COc1cccc(CC(CSc2ccccc2Br)NN)c1. The first kappa shape index (κ1) is 16.4. The van der Waals surface area contributed by atoms with Crippen LogP contribution in [0.2, 0.25) is 0 Å². The number of ether oxygens (including phenoxy) is 1. The van der Waals surface area contributed by atoms with Crippen molar-refractivity contribution in [1.29, 1.82) is 0 Å². The lowest BCUT2D eigenvalue weighted by Crippen LogP contribution is -2.38. The molecule has 0 aliphatic heterocycles. The van der Waals surface area contributed by atoms with Gasteiger partial charge < -0.3 is 4.74 Å². The predicted octanol–water partition coefficient (Wildman–Crippen LogP) is 3.62. The number of nitrogens with one attached hydrogen (secondary N) is 1. The zero-order chi connectivity index (χ0) is 15.1. The van der Waals surface area contributed by atoms with E-state index in [1.54, 1.807) is 18.9 Å². The summed E-state index contributed by atoms with van der Waals surface area (Å²) in [4.78, 5) is 1.23. The molecule has 5 heteroatoms. The molecule has 112 valence electrons. The van der Waals surface area contributed by atoms with E-state index in [-0.39, 0.29) is 6.04 Å². The van der Waals surface area contributed by atoms with E-state index < -0.39 is 0 Å². The topological polar surface area (TPSA) is 47.3 Å². The molecule has 0 amide bonds. The van der Waals surface area contributed by atoms with Crippen LogP contribution in [0.1, 0.15) is 5.56 Å². The van der Waals surface area contributed by atoms with Gasteiger partial charge in [-0.3, -0.25) is 11.3 Å². The van der Waals surface area contributed by atoms with E-state index in [0.717, 1.165) is 22.4 Å². The quantitative estimate of drug-likeness (QED) is 0.446. The minimum absolute atomic E-state index is 0.203. The van der Waals surface area contributed by atoms with Crippen LogP contribution < -0.4 is 16.0 Å². The Morgan fingerprint density at radius 1 is 1.24 bits per heavy atom. The molecule has 0 aromatic heterocycles. The highest BCUT2D eigenvalue weighted by Gasteiger charge is 2.10. The van der Waals surface area contributed by atoms with Crippen LogP contribution in [0, 0.1) is 0 Å². The minimum atomic E-state index is 0.203. The van der Waals surface area contributed by atoms with Crippen molar-refractivity contribution in [2.24, 2.45) is 5.84 Å². The molecule has 0 spiro atoms. The molecule has 0 saturated carbocycles. The summed E-state index contributed by atoms with van der Waals surface area (Å²) in [5.74, 6) is 7.46. The number of thioether (sulfide) groups is 1. The Morgan fingerprint density at radius 2 is 2.05 bits per heavy atom. The van der Waals surface area contributed by atoms with Crippen molar-refractivity contribution in [2.75, 3.05) is 12.9 Å². The van der Waals surface area contributed by atoms with E-state index >= 15 is 0 Å².